The summed E-state index contributed by atoms with van der Waals surface area (Å²) in [6.07, 6.45) is 6.95. The van der Waals surface area contributed by atoms with Crippen LogP contribution >= 0.6 is 0 Å². The minimum atomic E-state index is 0.387. The molecule has 122 valence electrons. The van der Waals surface area contributed by atoms with Crippen LogP contribution in [0.2, 0.25) is 0 Å². The molecule has 1 aliphatic rings. The summed E-state index contributed by atoms with van der Waals surface area (Å²) in [5, 5.41) is 16.8. The smallest absolute Gasteiger partial charge is 0.226 e. The summed E-state index contributed by atoms with van der Waals surface area (Å²) in [5.41, 5.74) is 10.3. The number of nitriles is 1. The Balaban J connectivity index is 1.94. The topological polar surface area (TPSA) is 114 Å². The molecule has 24 heavy (non-hydrogen) atoms. The second kappa shape index (κ2) is 6.62. The van der Waals surface area contributed by atoms with Crippen molar-refractivity contribution in [3.63, 3.8) is 0 Å². The molecule has 0 radical (unpaired) electrons. The third-order valence-electron chi connectivity index (χ3n) is 4.02. The number of nitrogens with two attached hydrogens (primary N) is 1. The van der Waals surface area contributed by atoms with E-state index in [2.05, 4.69) is 32.9 Å². The number of nitrogens with zero attached hydrogens (tertiary/aromatic N) is 5. The molecule has 2 aromatic heterocycles. The van der Waals surface area contributed by atoms with Crippen LogP contribution in [0.5, 0.6) is 0 Å². The van der Waals surface area contributed by atoms with E-state index in [0.717, 1.165) is 23.4 Å². The van der Waals surface area contributed by atoms with Gasteiger partial charge < -0.3 is 5.73 Å². The largest absolute Gasteiger partial charge is 0.396 e. The molecule has 0 atom stereocenters. The number of pyridine rings is 1. The quantitative estimate of drug-likeness (QED) is 0.646. The molecule has 2 aromatic rings. The zero-order chi connectivity index (χ0) is 17.1. The van der Waals surface area contributed by atoms with Crippen LogP contribution in [0, 0.1) is 24.2 Å². The van der Waals surface area contributed by atoms with E-state index >= 15 is 0 Å². The van der Waals surface area contributed by atoms with E-state index in [1.807, 2.05) is 6.92 Å². The molecule has 1 saturated carbocycles. The number of aromatic nitrogens is 3. The summed E-state index contributed by atoms with van der Waals surface area (Å²) in [4.78, 5) is 8.87. The molecule has 1 fully saturated rings. The van der Waals surface area contributed by atoms with Crippen molar-refractivity contribution in [2.45, 2.75) is 32.6 Å². The Kier molecular flexibility index (Phi) is 4.38. The van der Waals surface area contributed by atoms with Crippen LogP contribution in [0.25, 0.3) is 11.2 Å². The summed E-state index contributed by atoms with van der Waals surface area (Å²) < 4.78 is 4.70. The van der Waals surface area contributed by atoms with Gasteiger partial charge in [0.05, 0.1) is 5.69 Å². The van der Waals surface area contributed by atoms with Crippen LogP contribution in [0.3, 0.4) is 0 Å². The van der Waals surface area contributed by atoms with E-state index in [9.17, 15) is 5.26 Å². The van der Waals surface area contributed by atoms with E-state index in [1.165, 1.54) is 12.8 Å². The maximum absolute atomic E-state index is 9.31. The first kappa shape index (κ1) is 15.9. The van der Waals surface area contributed by atoms with Gasteiger partial charge in [-0.2, -0.15) is 5.26 Å². The standard InChI is InChI=1S/C17H18N6O/c1-3-4-12(21-13(9-18)7-11-5-6-11)8-14-10(2)20-17-16(15(14)19)22-24-23-17/h3-4,11H,1,5-8,19H2,2H3/b12-4-,21-13+. The SMILES string of the molecule is C=C/C=C(Cc1c(C)nc2nonc2c1N)\N=C(\C#N)CC1CC1. The highest BCUT2D eigenvalue weighted by atomic mass is 16.6. The normalized spacial score (nSPS) is 15.5. The molecule has 7 nitrogen and oxygen atoms in total. The van der Waals surface area contributed by atoms with Gasteiger partial charge >= 0.3 is 0 Å². The van der Waals surface area contributed by atoms with Crippen molar-refractivity contribution < 1.29 is 4.63 Å². The monoisotopic (exact) mass is 322 g/mol. The fourth-order valence-corrected chi connectivity index (χ4v) is 2.55. The molecule has 0 amide bonds. The van der Waals surface area contributed by atoms with Gasteiger partial charge in [-0.15, -0.1) is 0 Å². The Labute approximate surface area is 139 Å². The van der Waals surface area contributed by atoms with Gasteiger partial charge in [0.2, 0.25) is 5.65 Å². The lowest BCUT2D eigenvalue weighted by molar-refractivity contribution is 0.315. The fraction of sp³-hybridized carbons (Fsp3) is 0.353. The van der Waals surface area contributed by atoms with Gasteiger partial charge in [0.15, 0.2) is 5.52 Å². The first-order valence-corrected chi connectivity index (χ1v) is 7.78. The molecule has 1 aliphatic carbocycles. The molecular formula is C17H18N6O. The van der Waals surface area contributed by atoms with Crippen molar-refractivity contribution in [2.75, 3.05) is 5.73 Å². The summed E-state index contributed by atoms with van der Waals surface area (Å²) >= 11 is 0. The van der Waals surface area contributed by atoms with Crippen molar-refractivity contribution in [2.24, 2.45) is 10.9 Å². The van der Waals surface area contributed by atoms with Crippen molar-refractivity contribution >= 4 is 22.6 Å². The number of fused-ring (bicyclic) bond motifs is 1. The van der Waals surface area contributed by atoms with Gasteiger partial charge in [-0.25, -0.2) is 14.6 Å². The number of anilines is 1. The van der Waals surface area contributed by atoms with E-state index in [4.69, 9.17) is 10.4 Å². The Hall–Kier alpha value is -3.01. The average molecular weight is 322 g/mol. The van der Waals surface area contributed by atoms with Crippen LogP contribution in [0.1, 0.15) is 30.5 Å². The third-order valence-corrected chi connectivity index (χ3v) is 4.02. The van der Waals surface area contributed by atoms with Crippen LogP contribution in [-0.4, -0.2) is 21.0 Å². The molecule has 0 aromatic carbocycles. The number of hydrogen-bond donors (Lipinski definition) is 1. The highest BCUT2D eigenvalue weighted by Crippen LogP contribution is 2.33. The van der Waals surface area contributed by atoms with Gasteiger partial charge in [-0.05, 0) is 42.1 Å². The maximum atomic E-state index is 9.31. The Bertz CT molecular complexity index is 882. The van der Waals surface area contributed by atoms with Crippen molar-refractivity contribution in [3.8, 4) is 6.07 Å². The summed E-state index contributed by atoms with van der Waals surface area (Å²) in [5.74, 6) is 0.597. The lowest BCUT2D eigenvalue weighted by atomic mass is 10.0. The Morgan fingerprint density at radius 3 is 2.96 bits per heavy atom. The first-order valence-electron chi connectivity index (χ1n) is 7.78. The molecule has 3 rings (SSSR count). The van der Waals surface area contributed by atoms with Crippen molar-refractivity contribution in [3.05, 3.63) is 35.7 Å². The molecule has 0 spiro atoms. The molecule has 0 bridgehead atoms. The molecule has 0 aliphatic heterocycles. The number of nitrogen functional groups attached to an aromatic ring is 1. The van der Waals surface area contributed by atoms with Crippen LogP contribution < -0.4 is 5.73 Å². The zero-order valence-electron chi connectivity index (χ0n) is 13.5. The number of allylic oxidation sites excluding steroid dienone is 3. The van der Waals surface area contributed by atoms with Gasteiger partial charge in [0.25, 0.3) is 0 Å². The maximum Gasteiger partial charge on any atom is 0.226 e. The van der Waals surface area contributed by atoms with E-state index in [0.29, 0.717) is 34.9 Å². The second-order valence-corrected chi connectivity index (χ2v) is 5.91. The fourth-order valence-electron chi connectivity index (χ4n) is 2.55. The molecule has 0 saturated heterocycles. The predicted molar refractivity (Wildman–Crippen MR) is 91.1 cm³/mol. The van der Waals surface area contributed by atoms with E-state index < -0.39 is 0 Å². The second-order valence-electron chi connectivity index (χ2n) is 5.91. The summed E-state index contributed by atoms with van der Waals surface area (Å²) in [6.45, 7) is 5.57. The lowest BCUT2D eigenvalue weighted by Gasteiger charge is -2.09. The third kappa shape index (κ3) is 3.33. The van der Waals surface area contributed by atoms with Crippen LogP contribution in [0.15, 0.2) is 34.0 Å². The Morgan fingerprint density at radius 2 is 2.29 bits per heavy atom. The van der Waals surface area contributed by atoms with Gasteiger partial charge in [0.1, 0.15) is 11.8 Å². The average Bonchev–Trinajstić information content (AvgIpc) is 3.25. The number of aryl methyl sites for hydroxylation is 1. The van der Waals surface area contributed by atoms with Gasteiger partial charge in [-0.1, -0.05) is 12.7 Å². The van der Waals surface area contributed by atoms with Crippen molar-refractivity contribution in [1.82, 2.24) is 15.3 Å². The molecule has 7 heteroatoms. The van der Waals surface area contributed by atoms with Crippen LogP contribution in [0.4, 0.5) is 5.69 Å². The molecule has 2 N–H and O–H groups in total. The summed E-state index contributed by atoms with van der Waals surface area (Å²) in [7, 11) is 0. The van der Waals surface area contributed by atoms with Gasteiger partial charge in [-0.3, -0.25) is 0 Å². The summed E-state index contributed by atoms with van der Waals surface area (Å²) in [6, 6.07) is 2.19. The minimum absolute atomic E-state index is 0.387. The highest BCUT2D eigenvalue weighted by molar-refractivity contribution is 5.99. The van der Waals surface area contributed by atoms with Gasteiger partial charge in [0, 0.05) is 29.8 Å². The number of rotatable bonds is 6. The van der Waals surface area contributed by atoms with Crippen molar-refractivity contribution in [1.29, 1.82) is 5.26 Å². The first-order chi connectivity index (χ1) is 11.6. The molecule has 0 unspecified atom stereocenters. The predicted octanol–water partition coefficient (Wildman–Crippen LogP) is 2.89. The minimum Gasteiger partial charge on any atom is -0.396 e. The van der Waals surface area contributed by atoms with E-state index in [1.54, 1.807) is 12.2 Å². The lowest BCUT2D eigenvalue weighted by Crippen LogP contribution is -2.04. The molecular weight excluding hydrogens is 304 g/mol. The number of aliphatic imine (C=N–C) groups is 1. The zero-order valence-corrected chi connectivity index (χ0v) is 13.5. The van der Waals surface area contributed by atoms with E-state index in [-0.39, 0.29) is 0 Å². The highest BCUT2D eigenvalue weighted by Gasteiger charge is 2.23. The number of hydrogen-bond acceptors (Lipinski definition) is 7. The Morgan fingerprint density at radius 1 is 1.50 bits per heavy atom. The molecule has 2 heterocycles. The van der Waals surface area contributed by atoms with Crippen LogP contribution in [-0.2, 0) is 6.42 Å².